The molecule has 0 amide bonds. The van der Waals surface area contributed by atoms with E-state index in [1.165, 1.54) is 38.5 Å². The molecule has 1 unspecified atom stereocenters. The summed E-state index contributed by atoms with van der Waals surface area (Å²) in [5.74, 6) is 0.164. The molecule has 3 heteroatoms. The summed E-state index contributed by atoms with van der Waals surface area (Å²) >= 11 is 0. The van der Waals surface area contributed by atoms with Gasteiger partial charge in [0.15, 0.2) is 0 Å². The van der Waals surface area contributed by atoms with E-state index in [1.807, 2.05) is 0 Å². The molecule has 2 rings (SSSR count). The van der Waals surface area contributed by atoms with Gasteiger partial charge in [-0.25, -0.2) is 4.98 Å². The maximum Gasteiger partial charge on any atom is 0.235 e. The lowest BCUT2D eigenvalue weighted by atomic mass is 9.78. The van der Waals surface area contributed by atoms with E-state index in [4.69, 9.17) is 4.98 Å². The highest BCUT2D eigenvalue weighted by molar-refractivity contribution is 5.30. The molecule has 1 atom stereocenters. The van der Waals surface area contributed by atoms with Gasteiger partial charge in [0.1, 0.15) is 5.69 Å². The highest BCUT2D eigenvalue weighted by Gasteiger charge is 2.38. The largest absolute Gasteiger partial charge is 0.250 e. The second-order valence-electron chi connectivity index (χ2n) is 9.19. The van der Waals surface area contributed by atoms with E-state index in [0.717, 1.165) is 37.1 Å². The zero-order chi connectivity index (χ0) is 19.4. The van der Waals surface area contributed by atoms with Crippen molar-refractivity contribution in [1.82, 2.24) is 9.97 Å². The molecule has 0 bridgehead atoms. The molecule has 26 heavy (non-hydrogen) atoms. The Labute approximate surface area is 160 Å². The second-order valence-corrected chi connectivity index (χ2v) is 9.19. The van der Waals surface area contributed by atoms with Crippen LogP contribution in [0.5, 0.6) is 0 Å². The Morgan fingerprint density at radius 2 is 1.54 bits per heavy atom. The van der Waals surface area contributed by atoms with Gasteiger partial charge in [0.2, 0.25) is 5.95 Å². The SMILES string of the molecule is CCCCCCCC(C)(CC)c1nc(C2CC2)c(C(C)(C)CC)nc1F. The van der Waals surface area contributed by atoms with Crippen molar-refractivity contribution in [1.29, 1.82) is 0 Å². The Morgan fingerprint density at radius 1 is 0.885 bits per heavy atom. The fourth-order valence-corrected chi connectivity index (χ4v) is 3.70. The summed E-state index contributed by atoms with van der Waals surface area (Å²) in [6.45, 7) is 13.1. The Kier molecular flexibility index (Phi) is 7.21. The van der Waals surface area contributed by atoms with E-state index < -0.39 is 0 Å². The number of hydrogen-bond donors (Lipinski definition) is 0. The lowest BCUT2D eigenvalue weighted by Crippen LogP contribution is -2.29. The number of rotatable bonds is 11. The summed E-state index contributed by atoms with van der Waals surface area (Å²) in [5, 5.41) is 0. The minimum absolute atomic E-state index is 0.118. The third kappa shape index (κ3) is 4.84. The molecule has 0 spiro atoms. The summed E-state index contributed by atoms with van der Waals surface area (Å²) in [5.41, 5.74) is 2.27. The molecule has 0 radical (unpaired) electrons. The van der Waals surface area contributed by atoms with Crippen molar-refractivity contribution >= 4 is 0 Å². The number of aromatic nitrogens is 2. The number of hydrogen-bond acceptors (Lipinski definition) is 2. The highest BCUT2D eigenvalue weighted by Crippen LogP contribution is 2.45. The first kappa shape index (κ1) is 21.3. The molecule has 1 heterocycles. The van der Waals surface area contributed by atoms with Crippen LogP contribution >= 0.6 is 0 Å². The maximum absolute atomic E-state index is 15.1. The molecule has 1 aliphatic rings. The number of nitrogens with zero attached hydrogens (tertiary/aromatic N) is 2. The van der Waals surface area contributed by atoms with Gasteiger partial charge >= 0.3 is 0 Å². The molecule has 0 aromatic carbocycles. The summed E-state index contributed by atoms with van der Waals surface area (Å²) < 4.78 is 15.1. The minimum atomic E-state index is -0.330. The van der Waals surface area contributed by atoms with E-state index >= 15 is 4.39 Å². The van der Waals surface area contributed by atoms with Gasteiger partial charge in [0, 0.05) is 16.7 Å². The zero-order valence-electron chi connectivity index (χ0n) is 17.9. The molecule has 1 aromatic rings. The van der Waals surface area contributed by atoms with E-state index in [0.29, 0.717) is 11.6 Å². The third-order valence-corrected chi connectivity index (χ3v) is 6.55. The molecule has 148 valence electrons. The van der Waals surface area contributed by atoms with Crippen LogP contribution in [0.15, 0.2) is 0 Å². The molecule has 0 aliphatic heterocycles. The highest BCUT2D eigenvalue weighted by atomic mass is 19.1. The molecule has 1 aliphatic carbocycles. The van der Waals surface area contributed by atoms with Crippen LogP contribution in [0.3, 0.4) is 0 Å². The Balaban J connectivity index is 2.30. The van der Waals surface area contributed by atoms with Gasteiger partial charge in [-0.2, -0.15) is 4.39 Å². The molecule has 1 fully saturated rings. The van der Waals surface area contributed by atoms with E-state index in [-0.39, 0.29) is 16.8 Å². The summed E-state index contributed by atoms with van der Waals surface area (Å²) in [7, 11) is 0. The average Bonchev–Trinajstić information content (AvgIpc) is 3.46. The van der Waals surface area contributed by atoms with Gasteiger partial charge in [-0.15, -0.1) is 0 Å². The standard InChI is InChI=1S/C23H39FN2/c1-7-10-11-12-13-16-23(6,9-3)20-21(24)26-19(22(4,5)8-2)18(25-20)17-14-15-17/h17H,7-16H2,1-6H3. The monoisotopic (exact) mass is 362 g/mol. The predicted molar refractivity (Wildman–Crippen MR) is 108 cm³/mol. The normalized spacial score (nSPS) is 17.3. The molecular formula is C23H39FN2. The van der Waals surface area contributed by atoms with Gasteiger partial charge in [-0.1, -0.05) is 73.6 Å². The minimum Gasteiger partial charge on any atom is -0.250 e. The predicted octanol–water partition coefficient (Wildman–Crippen LogP) is 7.21. The van der Waals surface area contributed by atoms with Crippen LogP contribution in [0, 0.1) is 5.95 Å². The van der Waals surface area contributed by atoms with Crippen LogP contribution < -0.4 is 0 Å². The molecular weight excluding hydrogens is 323 g/mol. The first-order chi connectivity index (χ1) is 12.3. The van der Waals surface area contributed by atoms with Gasteiger partial charge in [-0.05, 0) is 32.1 Å². The summed E-state index contributed by atoms with van der Waals surface area (Å²) in [4.78, 5) is 9.49. The molecule has 0 N–H and O–H groups in total. The van der Waals surface area contributed by atoms with Crippen LogP contribution in [-0.2, 0) is 10.8 Å². The first-order valence-electron chi connectivity index (χ1n) is 10.9. The zero-order valence-corrected chi connectivity index (χ0v) is 17.9. The Morgan fingerprint density at radius 3 is 2.08 bits per heavy atom. The fraction of sp³-hybridized carbons (Fsp3) is 0.826. The van der Waals surface area contributed by atoms with Gasteiger partial charge in [0.25, 0.3) is 0 Å². The molecule has 1 aromatic heterocycles. The van der Waals surface area contributed by atoms with Gasteiger partial charge in [0.05, 0.1) is 11.4 Å². The van der Waals surface area contributed by atoms with Crippen molar-refractivity contribution in [3.05, 3.63) is 23.0 Å². The van der Waals surface area contributed by atoms with Crippen LogP contribution in [0.25, 0.3) is 0 Å². The van der Waals surface area contributed by atoms with Gasteiger partial charge in [-0.3, -0.25) is 4.98 Å². The van der Waals surface area contributed by atoms with Crippen molar-refractivity contribution in [2.75, 3.05) is 0 Å². The number of halogens is 1. The fourth-order valence-electron chi connectivity index (χ4n) is 3.70. The number of unbranched alkanes of at least 4 members (excludes halogenated alkanes) is 4. The lowest BCUT2D eigenvalue weighted by Gasteiger charge is -2.31. The van der Waals surface area contributed by atoms with Crippen LogP contribution in [0.2, 0.25) is 0 Å². The molecule has 1 saturated carbocycles. The van der Waals surface area contributed by atoms with Gasteiger partial charge < -0.3 is 0 Å². The third-order valence-electron chi connectivity index (χ3n) is 6.55. The van der Waals surface area contributed by atoms with E-state index in [2.05, 4.69) is 46.5 Å². The smallest absolute Gasteiger partial charge is 0.235 e. The average molecular weight is 363 g/mol. The van der Waals surface area contributed by atoms with Crippen LogP contribution in [-0.4, -0.2) is 9.97 Å². The van der Waals surface area contributed by atoms with Crippen molar-refractivity contribution in [2.24, 2.45) is 0 Å². The Hall–Kier alpha value is -0.990. The van der Waals surface area contributed by atoms with Crippen molar-refractivity contribution in [3.8, 4) is 0 Å². The molecule has 0 saturated heterocycles. The van der Waals surface area contributed by atoms with Crippen LogP contribution in [0.4, 0.5) is 4.39 Å². The first-order valence-corrected chi connectivity index (χ1v) is 10.9. The van der Waals surface area contributed by atoms with Crippen LogP contribution in [0.1, 0.15) is 129 Å². The van der Waals surface area contributed by atoms with E-state index in [1.54, 1.807) is 0 Å². The van der Waals surface area contributed by atoms with Crippen molar-refractivity contribution in [3.63, 3.8) is 0 Å². The topological polar surface area (TPSA) is 25.8 Å². The lowest BCUT2D eigenvalue weighted by molar-refractivity contribution is 0.353. The summed E-state index contributed by atoms with van der Waals surface area (Å²) in [6, 6.07) is 0. The van der Waals surface area contributed by atoms with E-state index in [9.17, 15) is 0 Å². The summed E-state index contributed by atoms with van der Waals surface area (Å²) in [6.07, 6.45) is 11.4. The second kappa shape index (κ2) is 8.80. The quantitative estimate of drug-likeness (QED) is 0.389. The Bertz CT molecular complexity index is 592. The van der Waals surface area contributed by atoms with Crippen molar-refractivity contribution < 1.29 is 4.39 Å². The maximum atomic E-state index is 15.1. The van der Waals surface area contributed by atoms with Crippen molar-refractivity contribution in [2.45, 2.75) is 122 Å². The molecule has 2 nitrogen and oxygen atoms in total.